The van der Waals surface area contributed by atoms with Gasteiger partial charge in [0.05, 0.1) is 0 Å². The molecule has 0 N–H and O–H groups in total. The van der Waals surface area contributed by atoms with Crippen molar-refractivity contribution in [1.82, 2.24) is 0 Å². The second kappa shape index (κ2) is 15.1. The summed E-state index contributed by atoms with van der Waals surface area (Å²) in [4.78, 5) is 0. The Bertz CT molecular complexity index is 229. The van der Waals surface area contributed by atoms with Crippen molar-refractivity contribution >= 4 is 0 Å². The van der Waals surface area contributed by atoms with E-state index in [-0.39, 0.29) is 13.0 Å². The molecule has 2 aliphatic rings. The van der Waals surface area contributed by atoms with Gasteiger partial charge in [0, 0.05) is 0 Å². The summed E-state index contributed by atoms with van der Waals surface area (Å²) in [5, 5.41) is 0. The molecule has 2 heteroatoms. The van der Waals surface area contributed by atoms with Crippen molar-refractivity contribution in [3.63, 3.8) is 0 Å². The summed E-state index contributed by atoms with van der Waals surface area (Å²) >= 11 is 1.52. The van der Waals surface area contributed by atoms with Crippen molar-refractivity contribution in [3.8, 4) is 0 Å². The summed E-state index contributed by atoms with van der Waals surface area (Å²) < 4.78 is 4.07. The molecular formula is C20H40NNb-3. The van der Waals surface area contributed by atoms with Crippen LogP contribution in [0, 0.1) is 32.1 Å². The van der Waals surface area contributed by atoms with Gasteiger partial charge in [-0.15, -0.1) is 0 Å². The smallest absolute Gasteiger partial charge is 0.0577 e. The zero-order valence-corrected chi connectivity index (χ0v) is 18.3. The van der Waals surface area contributed by atoms with Crippen LogP contribution in [0.2, 0.25) is 0 Å². The topological polar surface area (TPSA) is 12.4 Å². The molecule has 0 aromatic carbocycles. The van der Waals surface area contributed by atoms with Gasteiger partial charge in [-0.2, -0.15) is 24.7 Å². The average molecular weight is 387 g/mol. The van der Waals surface area contributed by atoms with Crippen LogP contribution in [0.5, 0.6) is 0 Å². The van der Waals surface area contributed by atoms with E-state index in [9.17, 15) is 0 Å². The quantitative estimate of drug-likeness (QED) is 0.334. The third kappa shape index (κ3) is 16.9. The van der Waals surface area contributed by atoms with E-state index in [1.165, 1.54) is 78.7 Å². The first-order valence-corrected chi connectivity index (χ1v) is 9.90. The molecule has 0 aromatic rings. The minimum absolute atomic E-state index is 0. The second-order valence-electron chi connectivity index (χ2n) is 7.47. The summed E-state index contributed by atoms with van der Waals surface area (Å²) in [5.41, 5.74) is 0.189. The summed E-state index contributed by atoms with van der Waals surface area (Å²) in [6.07, 6.45) is 17.7. The zero-order chi connectivity index (χ0) is 16.1. The van der Waals surface area contributed by atoms with Crippen molar-refractivity contribution in [2.24, 2.45) is 15.2 Å². The number of hydrogen-bond donors (Lipinski definition) is 0. The first kappa shape index (κ1) is 24.8. The van der Waals surface area contributed by atoms with Gasteiger partial charge in [0.15, 0.2) is 0 Å². The van der Waals surface area contributed by atoms with Gasteiger partial charge >= 0.3 is 50.5 Å². The molecule has 2 saturated carbocycles. The molecule has 2 fully saturated rings. The van der Waals surface area contributed by atoms with E-state index in [2.05, 4.69) is 50.8 Å². The molecule has 0 heterocycles. The molecule has 0 amide bonds. The Hall–Kier alpha value is 0.540. The Morgan fingerprint density at radius 3 is 1.82 bits per heavy atom. The van der Waals surface area contributed by atoms with Crippen molar-refractivity contribution in [2.75, 3.05) is 0 Å². The van der Waals surface area contributed by atoms with Crippen LogP contribution in [-0.4, -0.2) is 5.54 Å². The van der Waals surface area contributed by atoms with Gasteiger partial charge in [0.1, 0.15) is 0 Å². The fourth-order valence-electron chi connectivity index (χ4n) is 2.60. The predicted octanol–water partition coefficient (Wildman–Crippen LogP) is 7.16. The maximum Gasteiger partial charge on any atom is -0.0577 e. The normalized spacial score (nSPS) is 24.5. The largest absolute Gasteiger partial charge is 0.358 e. The van der Waals surface area contributed by atoms with E-state index in [0.717, 1.165) is 11.8 Å². The van der Waals surface area contributed by atoms with Crippen molar-refractivity contribution in [2.45, 2.75) is 97.9 Å². The Morgan fingerprint density at radius 2 is 1.59 bits per heavy atom. The van der Waals surface area contributed by atoms with Crippen LogP contribution >= 0.6 is 0 Å². The van der Waals surface area contributed by atoms with E-state index in [1.54, 1.807) is 0 Å². The maximum atomic E-state index is 4.07. The molecule has 2 unspecified atom stereocenters. The second-order valence-corrected chi connectivity index (χ2v) is 7.96. The molecule has 22 heavy (non-hydrogen) atoms. The maximum absolute atomic E-state index is 4.07. The van der Waals surface area contributed by atoms with Crippen LogP contribution < -0.4 is 0 Å². The molecule has 0 bridgehead atoms. The van der Waals surface area contributed by atoms with Crippen LogP contribution in [0.4, 0.5) is 0 Å². The van der Waals surface area contributed by atoms with Crippen molar-refractivity contribution < 1.29 is 20.9 Å². The van der Waals surface area contributed by atoms with Gasteiger partial charge in [-0.05, 0) is 0 Å². The first-order valence-electron chi connectivity index (χ1n) is 8.92. The van der Waals surface area contributed by atoms with Crippen LogP contribution in [0.1, 0.15) is 92.4 Å². The predicted molar refractivity (Wildman–Crippen MR) is 97.1 cm³/mol. The van der Waals surface area contributed by atoms with Crippen LogP contribution in [-0.2, 0) is 20.9 Å². The van der Waals surface area contributed by atoms with E-state index in [4.69, 9.17) is 0 Å². The molecule has 2 rings (SSSR count). The van der Waals surface area contributed by atoms with Gasteiger partial charge in [-0.1, -0.05) is 58.8 Å². The first-order chi connectivity index (χ1) is 9.89. The standard InChI is InChI=1S/C9H17.C6H11.C4H9N.CH3.Nb/c1-3-9-6-4-5-8(2)7-9;1-2-4-6-5-3-1;1-4(2,3)5;;/h7-9H,3-6H2,1-2H3;1H,2-6H2;1-3H3;1H3;/q2*-1;;-1;. The van der Waals surface area contributed by atoms with Crippen molar-refractivity contribution in [3.05, 3.63) is 20.3 Å². The molecular weight excluding hydrogens is 347 g/mol. The molecule has 0 radical (unpaired) electrons. The molecule has 0 spiro atoms. The molecule has 0 saturated heterocycles. The van der Waals surface area contributed by atoms with E-state index in [1.807, 2.05) is 0 Å². The van der Waals surface area contributed by atoms with E-state index in [0.29, 0.717) is 0 Å². The van der Waals surface area contributed by atoms with E-state index < -0.39 is 0 Å². The minimum atomic E-state index is 0. The summed E-state index contributed by atoms with van der Waals surface area (Å²) in [7, 11) is 0. The van der Waals surface area contributed by atoms with Crippen LogP contribution in [0.15, 0.2) is 3.34 Å². The fourth-order valence-corrected chi connectivity index (χ4v) is 2.60. The van der Waals surface area contributed by atoms with Gasteiger partial charge in [0.25, 0.3) is 0 Å². The molecule has 2 atom stereocenters. The average Bonchev–Trinajstić information content (AvgIpc) is 2.49. The monoisotopic (exact) mass is 387 g/mol. The summed E-state index contributed by atoms with van der Waals surface area (Å²) in [6.45, 7) is 10.9. The number of hydrogen-bond acceptors (Lipinski definition) is 1. The molecule has 133 valence electrons. The molecule has 2 aliphatic carbocycles. The van der Waals surface area contributed by atoms with Gasteiger partial charge in [-0.25, -0.2) is 0 Å². The SMILES string of the molecule is CC(C)(C)[N]=[Nb].CCC1[CH-]C(C)CCC1.[CH-]1CCCCC1.[CH3-]. The Kier molecular flexibility index (Phi) is 17.0. The Balaban J connectivity index is 0. The van der Waals surface area contributed by atoms with Gasteiger partial charge in [-0.3, -0.25) is 0 Å². The van der Waals surface area contributed by atoms with Gasteiger partial charge < -0.3 is 20.3 Å². The zero-order valence-electron chi connectivity index (χ0n) is 16.1. The molecule has 0 aromatic heterocycles. The van der Waals surface area contributed by atoms with Crippen LogP contribution in [0.3, 0.4) is 0 Å². The fraction of sp³-hybridized carbons (Fsp3) is 0.850. The number of nitrogens with zero attached hydrogens (tertiary/aromatic N) is 1. The molecule has 0 aliphatic heterocycles. The van der Waals surface area contributed by atoms with Crippen LogP contribution in [0.25, 0.3) is 0 Å². The summed E-state index contributed by atoms with van der Waals surface area (Å²) in [6, 6.07) is 0. The Morgan fingerprint density at radius 1 is 1.05 bits per heavy atom. The third-order valence-corrected chi connectivity index (χ3v) is 5.45. The van der Waals surface area contributed by atoms with Crippen molar-refractivity contribution in [1.29, 1.82) is 0 Å². The van der Waals surface area contributed by atoms with Gasteiger partial charge in [0.2, 0.25) is 0 Å². The summed E-state index contributed by atoms with van der Waals surface area (Å²) in [5.74, 6) is 1.83. The Labute approximate surface area is 154 Å². The minimum Gasteiger partial charge on any atom is -0.358 e. The third-order valence-electron chi connectivity index (χ3n) is 3.98. The molecule has 1 nitrogen and oxygen atoms in total. The number of rotatable bonds is 1. The van der Waals surface area contributed by atoms with E-state index >= 15 is 0 Å².